The maximum absolute atomic E-state index is 13.6. The number of aliphatic hydroxyl groups is 1. The van der Waals surface area contributed by atoms with Gasteiger partial charge in [0.2, 0.25) is 0 Å². The molecule has 1 aliphatic rings. The highest BCUT2D eigenvalue weighted by molar-refractivity contribution is 6.31. The second-order valence-corrected chi connectivity index (χ2v) is 9.57. The van der Waals surface area contributed by atoms with E-state index >= 15 is 0 Å². The van der Waals surface area contributed by atoms with Gasteiger partial charge in [0, 0.05) is 16.1 Å². The lowest BCUT2D eigenvalue weighted by molar-refractivity contribution is -0.136. The zero-order chi connectivity index (χ0) is 24.1. The van der Waals surface area contributed by atoms with Crippen LogP contribution in [-0.2, 0) is 16.9 Å². The molecule has 1 N–H and O–H groups in total. The fourth-order valence-corrected chi connectivity index (χ4v) is 4.85. The molecule has 1 atom stereocenters. The van der Waals surface area contributed by atoms with Gasteiger partial charge in [0.25, 0.3) is 5.91 Å². The zero-order valence-electron chi connectivity index (χ0n) is 19.6. The van der Waals surface area contributed by atoms with E-state index in [1.165, 1.54) is 0 Å². The molecule has 4 rings (SSSR count). The molecule has 0 bridgehead atoms. The summed E-state index contributed by atoms with van der Waals surface area (Å²) in [5.41, 5.74) is 5.39. The third kappa shape index (κ3) is 3.98. The topological polar surface area (TPSA) is 57.6 Å². The molecule has 0 radical (unpaired) electrons. The number of benzene rings is 3. The minimum absolute atomic E-state index is 0.254. The Morgan fingerprint density at radius 3 is 2.15 bits per heavy atom. The van der Waals surface area contributed by atoms with Crippen molar-refractivity contribution in [1.29, 1.82) is 0 Å². The second kappa shape index (κ2) is 8.44. The van der Waals surface area contributed by atoms with Crippen molar-refractivity contribution in [2.45, 2.75) is 53.2 Å². The summed E-state index contributed by atoms with van der Waals surface area (Å²) >= 11 is 6.24. The molecule has 4 nitrogen and oxygen atoms in total. The quantitative estimate of drug-likeness (QED) is 0.482. The Labute approximate surface area is 199 Å². The lowest BCUT2D eigenvalue weighted by Crippen LogP contribution is -2.41. The van der Waals surface area contributed by atoms with E-state index in [1.807, 2.05) is 58.9 Å². The summed E-state index contributed by atoms with van der Waals surface area (Å²) in [7, 11) is 0. The van der Waals surface area contributed by atoms with E-state index < -0.39 is 11.5 Å². The maximum Gasteiger partial charge on any atom is 0.264 e. The number of aryl methyl sites for hydroxylation is 3. The Balaban J connectivity index is 1.75. The van der Waals surface area contributed by atoms with E-state index in [4.69, 9.17) is 11.6 Å². The molecule has 3 aromatic rings. The first-order valence-corrected chi connectivity index (χ1v) is 11.4. The number of halogens is 1. The summed E-state index contributed by atoms with van der Waals surface area (Å²) in [6.07, 6.45) is -0.339. The van der Waals surface area contributed by atoms with Crippen molar-refractivity contribution in [3.8, 4) is 0 Å². The van der Waals surface area contributed by atoms with Crippen LogP contribution in [0.25, 0.3) is 0 Å². The number of carbonyl (C=O) groups is 2. The van der Waals surface area contributed by atoms with Crippen LogP contribution in [0.4, 0.5) is 5.69 Å². The van der Waals surface area contributed by atoms with E-state index in [2.05, 4.69) is 6.07 Å². The molecule has 1 unspecified atom stereocenters. The summed E-state index contributed by atoms with van der Waals surface area (Å²) in [6, 6.07) is 15.0. The SMILES string of the molecule is Cc1ccc(CN2C(=O)C(O)(CC(=O)c3c(C)c(C)cc(C)c3C)c3cc(Cl)ccc32)cc1. The van der Waals surface area contributed by atoms with Gasteiger partial charge < -0.3 is 10.0 Å². The van der Waals surface area contributed by atoms with Gasteiger partial charge in [-0.25, -0.2) is 0 Å². The second-order valence-electron chi connectivity index (χ2n) is 9.13. The summed E-state index contributed by atoms with van der Waals surface area (Å²) in [6.45, 7) is 10.0. The van der Waals surface area contributed by atoms with Crippen molar-refractivity contribution in [2.75, 3.05) is 4.90 Å². The molecule has 1 heterocycles. The zero-order valence-corrected chi connectivity index (χ0v) is 20.4. The molecule has 5 heteroatoms. The Kier molecular flexibility index (Phi) is 5.94. The Morgan fingerprint density at radius 2 is 1.55 bits per heavy atom. The maximum atomic E-state index is 13.6. The highest BCUT2D eigenvalue weighted by Gasteiger charge is 2.51. The third-order valence-electron chi connectivity index (χ3n) is 6.82. The number of hydrogen-bond donors (Lipinski definition) is 1. The van der Waals surface area contributed by atoms with Gasteiger partial charge in [-0.2, -0.15) is 0 Å². The van der Waals surface area contributed by atoms with Crippen LogP contribution in [0.2, 0.25) is 5.02 Å². The van der Waals surface area contributed by atoms with Crippen LogP contribution >= 0.6 is 11.6 Å². The van der Waals surface area contributed by atoms with Crippen molar-refractivity contribution in [2.24, 2.45) is 0 Å². The lowest BCUT2D eigenvalue weighted by Gasteiger charge is -2.24. The standard InChI is InChI=1S/C28H28ClNO3/c1-16-6-8-21(9-7-16)15-30-24-11-10-22(29)13-23(24)28(33,27(30)32)14-25(31)26-19(4)17(2)12-18(3)20(26)5/h6-13,33H,14-15H2,1-5H3. The fraction of sp³-hybridized carbons (Fsp3) is 0.286. The summed E-state index contributed by atoms with van der Waals surface area (Å²) < 4.78 is 0. The Morgan fingerprint density at radius 1 is 0.939 bits per heavy atom. The van der Waals surface area contributed by atoms with Gasteiger partial charge in [-0.1, -0.05) is 47.5 Å². The minimum Gasteiger partial charge on any atom is -0.375 e. The van der Waals surface area contributed by atoms with E-state index in [9.17, 15) is 14.7 Å². The number of fused-ring (bicyclic) bond motifs is 1. The van der Waals surface area contributed by atoms with Gasteiger partial charge >= 0.3 is 0 Å². The number of nitrogens with zero attached hydrogens (tertiary/aromatic N) is 1. The minimum atomic E-state index is -1.97. The molecule has 0 fully saturated rings. The molecular weight excluding hydrogens is 434 g/mol. The van der Waals surface area contributed by atoms with Crippen LogP contribution in [-0.4, -0.2) is 16.8 Å². The molecular formula is C28H28ClNO3. The first-order chi connectivity index (χ1) is 15.5. The van der Waals surface area contributed by atoms with Gasteiger partial charge in [0.15, 0.2) is 11.4 Å². The molecule has 3 aromatic carbocycles. The van der Waals surface area contributed by atoms with Crippen LogP contribution in [0.3, 0.4) is 0 Å². The van der Waals surface area contributed by atoms with Crippen molar-refractivity contribution in [1.82, 2.24) is 0 Å². The van der Waals surface area contributed by atoms with Gasteiger partial charge in [0.05, 0.1) is 18.7 Å². The number of ketones is 1. The Bertz CT molecular complexity index is 1250. The van der Waals surface area contributed by atoms with Gasteiger partial charge in [-0.3, -0.25) is 9.59 Å². The summed E-state index contributed by atoms with van der Waals surface area (Å²) in [4.78, 5) is 28.7. The third-order valence-corrected chi connectivity index (χ3v) is 7.05. The van der Waals surface area contributed by atoms with Crippen LogP contribution in [0.1, 0.15) is 55.7 Å². The van der Waals surface area contributed by atoms with Crippen molar-refractivity contribution in [3.63, 3.8) is 0 Å². The fourth-order valence-electron chi connectivity index (χ4n) is 4.68. The number of carbonyl (C=O) groups excluding carboxylic acids is 2. The molecule has 0 saturated heterocycles. The molecule has 0 aromatic heterocycles. The van der Waals surface area contributed by atoms with Crippen LogP contribution in [0.15, 0.2) is 48.5 Å². The average molecular weight is 462 g/mol. The first-order valence-electron chi connectivity index (χ1n) is 11.0. The first kappa shape index (κ1) is 23.2. The molecule has 0 aliphatic carbocycles. The van der Waals surface area contributed by atoms with Crippen LogP contribution in [0, 0.1) is 34.6 Å². The molecule has 0 spiro atoms. The van der Waals surface area contributed by atoms with E-state index in [1.54, 1.807) is 23.1 Å². The van der Waals surface area contributed by atoms with Gasteiger partial charge in [0.1, 0.15) is 0 Å². The summed E-state index contributed by atoms with van der Waals surface area (Å²) in [5.74, 6) is -0.760. The lowest BCUT2D eigenvalue weighted by atomic mass is 9.84. The van der Waals surface area contributed by atoms with E-state index in [0.717, 1.165) is 33.4 Å². The number of hydrogen-bond acceptors (Lipinski definition) is 3. The van der Waals surface area contributed by atoms with Crippen molar-refractivity contribution >= 4 is 29.0 Å². The number of rotatable bonds is 5. The Hall–Kier alpha value is -2.95. The summed E-state index contributed by atoms with van der Waals surface area (Å²) in [5, 5.41) is 12.1. The highest BCUT2D eigenvalue weighted by Crippen LogP contribution is 2.45. The molecule has 1 aliphatic heterocycles. The van der Waals surface area contributed by atoms with Crippen LogP contribution < -0.4 is 4.90 Å². The number of anilines is 1. The van der Waals surface area contributed by atoms with E-state index in [-0.39, 0.29) is 12.2 Å². The predicted octanol–water partition coefficient (Wildman–Crippen LogP) is 5.89. The van der Waals surface area contributed by atoms with Crippen molar-refractivity contribution in [3.05, 3.63) is 98.1 Å². The number of Topliss-reactive ketones (excluding diaryl/α,β-unsaturated/α-hetero) is 1. The van der Waals surface area contributed by atoms with Gasteiger partial charge in [-0.05, 0) is 80.6 Å². The predicted molar refractivity (Wildman–Crippen MR) is 132 cm³/mol. The molecule has 0 saturated carbocycles. The largest absolute Gasteiger partial charge is 0.375 e. The molecule has 1 amide bonds. The van der Waals surface area contributed by atoms with Gasteiger partial charge in [-0.15, -0.1) is 0 Å². The van der Waals surface area contributed by atoms with Crippen molar-refractivity contribution < 1.29 is 14.7 Å². The van der Waals surface area contributed by atoms with Crippen LogP contribution in [0.5, 0.6) is 0 Å². The monoisotopic (exact) mass is 461 g/mol. The molecule has 33 heavy (non-hydrogen) atoms. The highest BCUT2D eigenvalue weighted by atomic mass is 35.5. The average Bonchev–Trinajstić information content (AvgIpc) is 2.95. The normalized spacial score (nSPS) is 17.4. The molecule has 170 valence electrons. The van der Waals surface area contributed by atoms with E-state index in [0.29, 0.717) is 28.4 Å². The smallest absolute Gasteiger partial charge is 0.264 e. The number of amides is 1.